The number of hydrogen-bond acceptors (Lipinski definition) is 2. The standard InChI is InChI=1S/C16H17FN2O/c1-10(2)11-4-3-5-13(8-11)20-15-7-6-12(17)9-14(15)16(18)19/h3-10H,1-2H3,(H3,18,19). The van der Waals surface area contributed by atoms with Crippen LogP contribution in [0.2, 0.25) is 0 Å². The maximum atomic E-state index is 13.2. The Hall–Kier alpha value is -2.36. The minimum atomic E-state index is -0.446. The maximum absolute atomic E-state index is 13.2. The van der Waals surface area contributed by atoms with Crippen LogP contribution < -0.4 is 10.5 Å². The Labute approximate surface area is 117 Å². The second kappa shape index (κ2) is 5.74. The Morgan fingerprint density at radius 3 is 2.60 bits per heavy atom. The lowest BCUT2D eigenvalue weighted by molar-refractivity contribution is 0.478. The van der Waals surface area contributed by atoms with E-state index in [1.54, 1.807) is 0 Å². The molecule has 0 saturated carbocycles. The lowest BCUT2D eigenvalue weighted by atomic mass is 10.0. The van der Waals surface area contributed by atoms with Gasteiger partial charge in [0.1, 0.15) is 23.2 Å². The maximum Gasteiger partial charge on any atom is 0.138 e. The van der Waals surface area contributed by atoms with Crippen molar-refractivity contribution >= 4 is 5.84 Å². The fourth-order valence-corrected chi connectivity index (χ4v) is 1.87. The zero-order chi connectivity index (χ0) is 14.7. The normalized spacial score (nSPS) is 10.6. The van der Waals surface area contributed by atoms with Crippen molar-refractivity contribution < 1.29 is 9.13 Å². The Kier molecular flexibility index (Phi) is 4.03. The molecule has 0 radical (unpaired) electrons. The van der Waals surface area contributed by atoms with Gasteiger partial charge in [0.05, 0.1) is 5.56 Å². The summed E-state index contributed by atoms with van der Waals surface area (Å²) in [6.07, 6.45) is 0. The molecule has 0 spiro atoms. The fraction of sp³-hybridized carbons (Fsp3) is 0.188. The molecule has 104 valence electrons. The van der Waals surface area contributed by atoms with Crippen LogP contribution in [0.4, 0.5) is 4.39 Å². The van der Waals surface area contributed by atoms with Gasteiger partial charge in [-0.3, -0.25) is 5.41 Å². The number of halogens is 1. The Morgan fingerprint density at radius 2 is 1.95 bits per heavy atom. The van der Waals surface area contributed by atoms with Gasteiger partial charge in [-0.2, -0.15) is 0 Å². The third-order valence-corrected chi connectivity index (χ3v) is 2.98. The van der Waals surface area contributed by atoms with Gasteiger partial charge < -0.3 is 10.5 Å². The number of nitrogens with two attached hydrogens (primary N) is 1. The predicted octanol–water partition coefficient (Wildman–Crippen LogP) is 4.03. The van der Waals surface area contributed by atoms with E-state index in [0.29, 0.717) is 17.4 Å². The summed E-state index contributed by atoms with van der Waals surface area (Å²) in [4.78, 5) is 0. The molecule has 0 aliphatic heterocycles. The molecule has 0 bridgehead atoms. The van der Waals surface area contributed by atoms with E-state index in [4.69, 9.17) is 15.9 Å². The van der Waals surface area contributed by atoms with Crippen molar-refractivity contribution in [3.05, 3.63) is 59.4 Å². The van der Waals surface area contributed by atoms with Gasteiger partial charge in [-0.05, 0) is 41.8 Å². The van der Waals surface area contributed by atoms with Crippen molar-refractivity contribution in [3.63, 3.8) is 0 Å². The first-order valence-corrected chi connectivity index (χ1v) is 6.39. The summed E-state index contributed by atoms with van der Waals surface area (Å²) in [7, 11) is 0. The van der Waals surface area contributed by atoms with Crippen LogP contribution in [0.3, 0.4) is 0 Å². The van der Waals surface area contributed by atoms with Crippen molar-refractivity contribution in [1.82, 2.24) is 0 Å². The highest BCUT2D eigenvalue weighted by molar-refractivity contribution is 5.97. The van der Waals surface area contributed by atoms with Gasteiger partial charge in [0, 0.05) is 0 Å². The van der Waals surface area contributed by atoms with Gasteiger partial charge in [-0.15, -0.1) is 0 Å². The van der Waals surface area contributed by atoms with Gasteiger partial charge in [0.2, 0.25) is 0 Å². The summed E-state index contributed by atoms with van der Waals surface area (Å²) in [5.41, 5.74) is 6.85. The monoisotopic (exact) mass is 272 g/mol. The van der Waals surface area contributed by atoms with Gasteiger partial charge in [0.25, 0.3) is 0 Å². The first-order chi connectivity index (χ1) is 9.47. The summed E-state index contributed by atoms with van der Waals surface area (Å²) in [6.45, 7) is 4.19. The van der Waals surface area contributed by atoms with E-state index in [-0.39, 0.29) is 11.4 Å². The molecule has 0 aliphatic carbocycles. The van der Waals surface area contributed by atoms with E-state index in [1.807, 2.05) is 24.3 Å². The van der Waals surface area contributed by atoms with E-state index < -0.39 is 5.82 Å². The molecule has 0 amide bonds. The Balaban J connectivity index is 2.35. The van der Waals surface area contributed by atoms with Crippen LogP contribution in [0.25, 0.3) is 0 Å². The van der Waals surface area contributed by atoms with Gasteiger partial charge >= 0.3 is 0 Å². The second-order valence-corrected chi connectivity index (χ2v) is 4.88. The molecule has 0 heterocycles. The summed E-state index contributed by atoms with van der Waals surface area (Å²) >= 11 is 0. The molecule has 0 fully saturated rings. The quantitative estimate of drug-likeness (QED) is 0.652. The number of benzene rings is 2. The van der Waals surface area contributed by atoms with Crippen molar-refractivity contribution in [2.24, 2.45) is 5.73 Å². The lowest BCUT2D eigenvalue weighted by Gasteiger charge is -2.12. The van der Waals surface area contributed by atoms with E-state index in [9.17, 15) is 4.39 Å². The van der Waals surface area contributed by atoms with Crippen molar-refractivity contribution in [2.75, 3.05) is 0 Å². The highest BCUT2D eigenvalue weighted by Gasteiger charge is 2.10. The molecule has 2 aromatic rings. The van der Waals surface area contributed by atoms with Gasteiger partial charge in [-0.25, -0.2) is 4.39 Å². The average molecular weight is 272 g/mol. The molecule has 0 unspecified atom stereocenters. The first-order valence-electron chi connectivity index (χ1n) is 6.39. The minimum Gasteiger partial charge on any atom is -0.457 e. The second-order valence-electron chi connectivity index (χ2n) is 4.88. The Morgan fingerprint density at radius 1 is 1.20 bits per heavy atom. The summed E-state index contributed by atoms with van der Waals surface area (Å²) in [5, 5.41) is 7.48. The molecule has 2 aromatic carbocycles. The van der Waals surface area contributed by atoms with Crippen molar-refractivity contribution in [2.45, 2.75) is 19.8 Å². The van der Waals surface area contributed by atoms with E-state index in [1.165, 1.54) is 18.2 Å². The number of ether oxygens (including phenoxy) is 1. The number of rotatable bonds is 4. The van der Waals surface area contributed by atoms with Gasteiger partial charge in [0.15, 0.2) is 0 Å². The highest BCUT2D eigenvalue weighted by atomic mass is 19.1. The first kappa shape index (κ1) is 14.1. The van der Waals surface area contributed by atoms with Crippen LogP contribution in [0.15, 0.2) is 42.5 Å². The van der Waals surface area contributed by atoms with Crippen LogP contribution >= 0.6 is 0 Å². The third-order valence-electron chi connectivity index (χ3n) is 2.98. The number of nitrogens with one attached hydrogen (secondary N) is 1. The van der Waals surface area contributed by atoms with Crippen LogP contribution in [0.5, 0.6) is 11.5 Å². The SMILES string of the molecule is CC(C)c1cccc(Oc2ccc(F)cc2C(=N)N)c1. The highest BCUT2D eigenvalue weighted by Crippen LogP contribution is 2.28. The van der Waals surface area contributed by atoms with Crippen LogP contribution in [-0.2, 0) is 0 Å². The molecular formula is C16H17FN2O. The molecule has 2 rings (SSSR count). The molecule has 4 heteroatoms. The summed E-state index contributed by atoms with van der Waals surface area (Å²) < 4.78 is 18.9. The predicted molar refractivity (Wildman–Crippen MR) is 78.0 cm³/mol. The molecule has 3 N–H and O–H groups in total. The average Bonchev–Trinajstić information content (AvgIpc) is 2.41. The topological polar surface area (TPSA) is 59.1 Å². The number of nitrogen functional groups attached to an aromatic ring is 1. The number of amidine groups is 1. The molecule has 20 heavy (non-hydrogen) atoms. The molecular weight excluding hydrogens is 255 g/mol. The molecule has 0 aromatic heterocycles. The molecule has 0 atom stereocenters. The lowest BCUT2D eigenvalue weighted by Crippen LogP contribution is -2.12. The van der Waals surface area contributed by atoms with Crippen LogP contribution in [0, 0.1) is 11.2 Å². The molecule has 0 saturated heterocycles. The molecule has 3 nitrogen and oxygen atoms in total. The van der Waals surface area contributed by atoms with Crippen LogP contribution in [0.1, 0.15) is 30.9 Å². The smallest absolute Gasteiger partial charge is 0.138 e. The largest absolute Gasteiger partial charge is 0.457 e. The fourth-order valence-electron chi connectivity index (χ4n) is 1.87. The third kappa shape index (κ3) is 3.15. The van der Waals surface area contributed by atoms with E-state index in [0.717, 1.165) is 5.56 Å². The van der Waals surface area contributed by atoms with Crippen molar-refractivity contribution in [3.8, 4) is 11.5 Å². The zero-order valence-corrected chi connectivity index (χ0v) is 11.5. The Bertz CT molecular complexity index is 638. The summed E-state index contributed by atoms with van der Waals surface area (Å²) in [5.74, 6) is 0.738. The summed E-state index contributed by atoms with van der Waals surface area (Å²) in [6, 6.07) is 11.6. The van der Waals surface area contributed by atoms with Crippen LogP contribution in [-0.4, -0.2) is 5.84 Å². The van der Waals surface area contributed by atoms with E-state index in [2.05, 4.69) is 13.8 Å². The molecule has 0 aliphatic rings. The zero-order valence-electron chi connectivity index (χ0n) is 11.5. The van der Waals surface area contributed by atoms with E-state index >= 15 is 0 Å². The van der Waals surface area contributed by atoms with Gasteiger partial charge in [-0.1, -0.05) is 26.0 Å². The number of hydrogen-bond donors (Lipinski definition) is 2. The minimum absolute atomic E-state index is 0.223. The van der Waals surface area contributed by atoms with Crippen molar-refractivity contribution in [1.29, 1.82) is 5.41 Å².